The van der Waals surface area contributed by atoms with Gasteiger partial charge in [0.25, 0.3) is 0 Å². The predicted octanol–water partition coefficient (Wildman–Crippen LogP) is -3.35. The number of carboxylic acids is 1. The molecule has 4 atom stereocenters. The summed E-state index contributed by atoms with van der Waals surface area (Å²) in [6, 6.07) is 0. The van der Waals surface area contributed by atoms with Gasteiger partial charge in [-0.1, -0.05) is 0 Å². The van der Waals surface area contributed by atoms with Crippen molar-refractivity contribution >= 4 is 13.6 Å². The monoisotopic (exact) mass is 246 g/mol. The van der Waals surface area contributed by atoms with Crippen molar-refractivity contribution in [1.82, 2.24) is 0 Å². The zero-order valence-corrected chi connectivity index (χ0v) is 8.10. The number of carbonyl (C=O) groups is 1. The van der Waals surface area contributed by atoms with Gasteiger partial charge in [-0.25, -0.2) is 4.79 Å². The van der Waals surface area contributed by atoms with E-state index in [9.17, 15) is 9.36 Å². The van der Waals surface area contributed by atoms with Crippen molar-refractivity contribution < 1.29 is 44.7 Å². The minimum atomic E-state index is -5.10. The highest BCUT2D eigenvalue weighted by Crippen LogP contribution is 2.41. The molecule has 0 aromatic heterocycles. The molecule has 0 rings (SSSR count). The molecule has 0 spiro atoms. The first-order chi connectivity index (χ1) is 6.59. The molecule has 7 N–H and O–H groups in total. The van der Waals surface area contributed by atoms with Crippen LogP contribution in [0.25, 0.3) is 0 Å². The van der Waals surface area contributed by atoms with Gasteiger partial charge in [0.1, 0.15) is 12.2 Å². The molecule has 15 heavy (non-hydrogen) atoms. The first kappa shape index (κ1) is 14.5. The summed E-state index contributed by atoms with van der Waals surface area (Å²) in [4.78, 5) is 26.9. The van der Waals surface area contributed by atoms with Crippen molar-refractivity contribution in [3.05, 3.63) is 0 Å². The third-order valence-corrected chi connectivity index (χ3v) is 2.57. The van der Waals surface area contributed by atoms with Crippen LogP contribution in [-0.4, -0.2) is 65.4 Å². The molecule has 0 aromatic carbocycles. The number of aliphatic hydroxyl groups is 4. The molecule has 0 fully saturated rings. The first-order valence-electron chi connectivity index (χ1n) is 3.59. The van der Waals surface area contributed by atoms with Crippen LogP contribution in [0.4, 0.5) is 0 Å². The SMILES string of the molecule is O=C(O)[C@@H](O)[C@@H](O)[C@@H](O)C(O)P(=O)(O)O. The largest absolute Gasteiger partial charge is 0.479 e. The van der Waals surface area contributed by atoms with Crippen molar-refractivity contribution in [1.29, 1.82) is 0 Å². The van der Waals surface area contributed by atoms with Crippen LogP contribution >= 0.6 is 7.60 Å². The zero-order valence-electron chi connectivity index (χ0n) is 7.20. The fraction of sp³-hybridized carbons (Fsp3) is 0.800. The van der Waals surface area contributed by atoms with E-state index in [0.29, 0.717) is 0 Å². The quantitative estimate of drug-likeness (QED) is 0.244. The van der Waals surface area contributed by atoms with E-state index in [-0.39, 0.29) is 0 Å². The van der Waals surface area contributed by atoms with Gasteiger partial charge in [0, 0.05) is 0 Å². The molecule has 10 heteroatoms. The number of aliphatic carboxylic acids is 1. The molecular weight excluding hydrogens is 235 g/mol. The average molecular weight is 246 g/mol. The van der Waals surface area contributed by atoms with Crippen LogP contribution in [-0.2, 0) is 9.36 Å². The Hall–Kier alpha value is -0.540. The molecule has 0 aliphatic rings. The van der Waals surface area contributed by atoms with E-state index >= 15 is 0 Å². The van der Waals surface area contributed by atoms with E-state index in [4.69, 9.17) is 35.3 Å². The lowest BCUT2D eigenvalue weighted by molar-refractivity contribution is -0.160. The molecule has 0 amide bonds. The van der Waals surface area contributed by atoms with E-state index in [2.05, 4.69) is 0 Å². The lowest BCUT2D eigenvalue weighted by atomic mass is 10.1. The molecule has 0 aliphatic heterocycles. The number of carboxylic acid groups (broad SMARTS) is 1. The van der Waals surface area contributed by atoms with Crippen LogP contribution in [0.2, 0.25) is 0 Å². The molecule has 0 heterocycles. The average Bonchev–Trinajstić information content (AvgIpc) is 2.11. The second-order valence-corrected chi connectivity index (χ2v) is 4.47. The van der Waals surface area contributed by atoms with Gasteiger partial charge in [-0.05, 0) is 0 Å². The lowest BCUT2D eigenvalue weighted by Gasteiger charge is -2.24. The molecule has 0 bridgehead atoms. The van der Waals surface area contributed by atoms with Crippen molar-refractivity contribution in [3.8, 4) is 0 Å². The molecule has 9 nitrogen and oxygen atoms in total. The summed E-state index contributed by atoms with van der Waals surface area (Å²) in [5.41, 5.74) is 0. The molecule has 0 aromatic rings. The van der Waals surface area contributed by atoms with Crippen LogP contribution in [0.1, 0.15) is 0 Å². The molecule has 90 valence electrons. The van der Waals surface area contributed by atoms with Crippen molar-refractivity contribution in [2.75, 3.05) is 0 Å². The van der Waals surface area contributed by atoms with Crippen molar-refractivity contribution in [3.63, 3.8) is 0 Å². The highest BCUT2D eigenvalue weighted by Gasteiger charge is 2.41. The van der Waals surface area contributed by atoms with Crippen molar-refractivity contribution in [2.24, 2.45) is 0 Å². The van der Waals surface area contributed by atoms with Crippen LogP contribution in [0.3, 0.4) is 0 Å². The summed E-state index contributed by atoms with van der Waals surface area (Å²) in [5, 5.41) is 43.5. The normalized spacial score (nSPS) is 20.4. The van der Waals surface area contributed by atoms with E-state index in [0.717, 1.165) is 0 Å². The molecule has 1 unspecified atom stereocenters. The Labute approximate surface area is 83.4 Å². The van der Waals surface area contributed by atoms with Crippen LogP contribution < -0.4 is 0 Å². The Morgan fingerprint density at radius 1 is 1.00 bits per heavy atom. The maximum atomic E-state index is 10.4. The maximum absolute atomic E-state index is 10.4. The Morgan fingerprint density at radius 2 is 1.40 bits per heavy atom. The minimum absolute atomic E-state index is 1.90. The molecule has 0 saturated carbocycles. The van der Waals surface area contributed by atoms with Gasteiger partial charge in [0.15, 0.2) is 11.9 Å². The van der Waals surface area contributed by atoms with Crippen LogP contribution in [0, 0.1) is 0 Å². The van der Waals surface area contributed by atoms with Gasteiger partial charge >= 0.3 is 13.6 Å². The van der Waals surface area contributed by atoms with E-state index in [1.165, 1.54) is 0 Å². The van der Waals surface area contributed by atoms with Gasteiger partial charge in [-0.3, -0.25) is 4.57 Å². The first-order valence-corrected chi connectivity index (χ1v) is 5.27. The fourth-order valence-corrected chi connectivity index (χ4v) is 1.28. The standard InChI is InChI=1S/C5H11O9P/c6-1(2(7)4(9)10)3(8)5(11)15(12,13)14/h1-3,5-8,11H,(H,9,10)(H2,12,13,14)/t1-,2+,3-,5?/m1/s1. The summed E-state index contributed by atoms with van der Waals surface area (Å²) in [7, 11) is -5.10. The number of aliphatic hydroxyl groups excluding tert-OH is 4. The Bertz CT molecular complexity index is 272. The molecular formula is C5H11O9P. The Kier molecular flexibility index (Phi) is 4.81. The highest BCUT2D eigenvalue weighted by atomic mass is 31.2. The van der Waals surface area contributed by atoms with Crippen LogP contribution in [0.15, 0.2) is 0 Å². The predicted molar refractivity (Wildman–Crippen MR) is 43.7 cm³/mol. The van der Waals surface area contributed by atoms with E-state index < -0.39 is 37.7 Å². The Balaban J connectivity index is 4.65. The van der Waals surface area contributed by atoms with Gasteiger partial charge in [0.2, 0.25) is 0 Å². The smallest absolute Gasteiger partial charge is 0.356 e. The van der Waals surface area contributed by atoms with Crippen molar-refractivity contribution in [2.45, 2.75) is 24.2 Å². The maximum Gasteiger partial charge on any atom is 0.356 e. The third-order valence-electron chi connectivity index (χ3n) is 1.58. The summed E-state index contributed by atoms with van der Waals surface area (Å²) < 4.78 is 10.4. The third kappa shape index (κ3) is 3.84. The van der Waals surface area contributed by atoms with E-state index in [1.807, 2.05) is 0 Å². The lowest BCUT2D eigenvalue weighted by Crippen LogP contribution is -2.47. The Morgan fingerprint density at radius 3 is 1.67 bits per heavy atom. The fourth-order valence-electron chi connectivity index (χ4n) is 0.708. The van der Waals surface area contributed by atoms with Gasteiger partial charge in [-0.2, -0.15) is 0 Å². The topological polar surface area (TPSA) is 176 Å². The number of hydrogen-bond donors (Lipinski definition) is 7. The summed E-state index contributed by atoms with van der Waals surface area (Å²) in [6.07, 6.45) is -7.34. The number of rotatable bonds is 5. The van der Waals surface area contributed by atoms with Gasteiger partial charge < -0.3 is 35.3 Å². The molecule has 0 aliphatic carbocycles. The van der Waals surface area contributed by atoms with Crippen LogP contribution in [0.5, 0.6) is 0 Å². The molecule has 0 saturated heterocycles. The van der Waals surface area contributed by atoms with Gasteiger partial charge in [0.05, 0.1) is 0 Å². The zero-order chi connectivity index (χ0) is 12.4. The second-order valence-electron chi connectivity index (χ2n) is 2.77. The van der Waals surface area contributed by atoms with Gasteiger partial charge in [-0.15, -0.1) is 0 Å². The summed E-state index contributed by atoms with van der Waals surface area (Å²) in [6.45, 7) is 0. The highest BCUT2D eigenvalue weighted by molar-refractivity contribution is 7.52. The summed E-state index contributed by atoms with van der Waals surface area (Å²) in [5.74, 6) is -4.57. The minimum Gasteiger partial charge on any atom is -0.479 e. The second kappa shape index (κ2) is 4.99. The summed E-state index contributed by atoms with van der Waals surface area (Å²) >= 11 is 0. The number of hydrogen-bond acceptors (Lipinski definition) is 6. The van der Waals surface area contributed by atoms with E-state index in [1.54, 1.807) is 0 Å². The molecule has 0 radical (unpaired) electrons.